The molecule has 1 aromatic rings. The Morgan fingerprint density at radius 3 is 2.53 bits per heavy atom. The third-order valence-electron chi connectivity index (χ3n) is 3.37. The molecule has 1 rings (SSSR count). The predicted octanol–water partition coefficient (Wildman–Crippen LogP) is 3.39. The average Bonchev–Trinajstić information content (AvgIpc) is 2.41. The lowest BCUT2D eigenvalue weighted by molar-refractivity contribution is 0.111. The van der Waals surface area contributed by atoms with Gasteiger partial charge in [-0.2, -0.15) is 0 Å². The van der Waals surface area contributed by atoms with Gasteiger partial charge >= 0.3 is 0 Å². The van der Waals surface area contributed by atoms with Crippen molar-refractivity contribution >= 4 is 0 Å². The van der Waals surface area contributed by atoms with Gasteiger partial charge < -0.3 is 14.8 Å². The van der Waals surface area contributed by atoms with Crippen molar-refractivity contribution in [2.75, 3.05) is 26.9 Å². The van der Waals surface area contributed by atoms with E-state index >= 15 is 0 Å². The first kappa shape index (κ1) is 16.0. The zero-order valence-electron chi connectivity index (χ0n) is 12.9. The summed E-state index contributed by atoms with van der Waals surface area (Å²) in [5.41, 5.74) is 3.65. The molecule has 0 aromatic heterocycles. The molecule has 0 bridgehead atoms. The molecular weight excluding hydrogens is 238 g/mol. The number of benzene rings is 1. The molecule has 0 heterocycles. The minimum Gasteiger partial charge on any atom is -0.496 e. The zero-order valence-corrected chi connectivity index (χ0v) is 12.9. The van der Waals surface area contributed by atoms with E-state index in [1.165, 1.54) is 16.7 Å². The van der Waals surface area contributed by atoms with Gasteiger partial charge in [0.05, 0.1) is 19.8 Å². The Kier molecular flexibility index (Phi) is 6.89. The molecule has 1 atom stereocenters. The molecule has 1 unspecified atom stereocenters. The van der Waals surface area contributed by atoms with Crippen molar-refractivity contribution < 1.29 is 9.47 Å². The number of aryl methyl sites for hydroxylation is 1. The lowest BCUT2D eigenvalue weighted by atomic mass is 9.99. The molecule has 0 saturated heterocycles. The van der Waals surface area contributed by atoms with Crippen LogP contribution in [0, 0.1) is 13.8 Å². The quantitative estimate of drug-likeness (QED) is 0.731. The Morgan fingerprint density at radius 2 is 1.95 bits per heavy atom. The second-order valence-electron chi connectivity index (χ2n) is 4.82. The first-order valence-corrected chi connectivity index (χ1v) is 7.10. The van der Waals surface area contributed by atoms with E-state index in [-0.39, 0.29) is 6.04 Å². The van der Waals surface area contributed by atoms with Gasteiger partial charge in [-0.3, -0.25) is 0 Å². The zero-order chi connectivity index (χ0) is 14.3. The summed E-state index contributed by atoms with van der Waals surface area (Å²) in [6.45, 7) is 10.8. The second-order valence-corrected chi connectivity index (χ2v) is 4.82. The number of methoxy groups -OCH3 is 1. The largest absolute Gasteiger partial charge is 0.496 e. The van der Waals surface area contributed by atoms with Gasteiger partial charge in [0.2, 0.25) is 0 Å². The molecule has 3 heteroatoms. The second kappa shape index (κ2) is 8.18. The molecule has 0 spiro atoms. The summed E-state index contributed by atoms with van der Waals surface area (Å²) in [4.78, 5) is 0. The van der Waals surface area contributed by atoms with Crippen molar-refractivity contribution in [1.29, 1.82) is 0 Å². The van der Waals surface area contributed by atoms with Crippen molar-refractivity contribution in [3.63, 3.8) is 0 Å². The molecule has 0 aliphatic heterocycles. The lowest BCUT2D eigenvalue weighted by Gasteiger charge is -2.22. The Balaban J connectivity index is 2.97. The highest BCUT2D eigenvalue weighted by molar-refractivity contribution is 5.46. The molecule has 0 fully saturated rings. The fourth-order valence-corrected chi connectivity index (χ4v) is 2.21. The van der Waals surface area contributed by atoms with E-state index in [9.17, 15) is 0 Å². The molecular formula is C16H27NO2. The van der Waals surface area contributed by atoms with Crippen molar-refractivity contribution in [3.8, 4) is 5.75 Å². The Labute approximate surface area is 117 Å². The first-order chi connectivity index (χ1) is 9.15. The van der Waals surface area contributed by atoms with Crippen LogP contribution in [-0.4, -0.2) is 26.9 Å². The normalized spacial score (nSPS) is 12.5. The van der Waals surface area contributed by atoms with E-state index in [0.717, 1.165) is 25.3 Å². The molecule has 3 nitrogen and oxygen atoms in total. The summed E-state index contributed by atoms with van der Waals surface area (Å²) < 4.78 is 11.3. The van der Waals surface area contributed by atoms with E-state index in [4.69, 9.17) is 9.47 Å². The number of nitrogens with one attached hydrogen (secondary N) is 1. The van der Waals surface area contributed by atoms with Gasteiger partial charge in [-0.05, 0) is 37.9 Å². The fourth-order valence-electron chi connectivity index (χ4n) is 2.21. The number of hydrogen-bond acceptors (Lipinski definition) is 3. The Hall–Kier alpha value is -1.06. The van der Waals surface area contributed by atoms with E-state index < -0.39 is 0 Å². The first-order valence-electron chi connectivity index (χ1n) is 7.10. The van der Waals surface area contributed by atoms with Crippen LogP contribution in [0.1, 0.15) is 43.0 Å². The summed E-state index contributed by atoms with van der Waals surface area (Å²) in [5.74, 6) is 0.978. The smallest absolute Gasteiger partial charge is 0.126 e. The molecule has 0 radical (unpaired) electrons. The molecule has 0 saturated carbocycles. The predicted molar refractivity (Wildman–Crippen MR) is 80.0 cm³/mol. The van der Waals surface area contributed by atoms with Crippen LogP contribution in [0.25, 0.3) is 0 Å². The summed E-state index contributed by atoms with van der Waals surface area (Å²) in [6.07, 6.45) is 1.04. The standard InChI is InChI=1S/C16H27NO2/c1-6-10-19-11-15(17-7-2)14-9-8-12(3)13(4)16(14)18-5/h8-9,15,17H,6-7,10-11H2,1-5H3. The fraction of sp³-hybridized carbons (Fsp3) is 0.625. The maximum atomic E-state index is 5.70. The summed E-state index contributed by atoms with van der Waals surface area (Å²) >= 11 is 0. The van der Waals surface area contributed by atoms with E-state index in [1.807, 2.05) is 0 Å². The van der Waals surface area contributed by atoms with Crippen molar-refractivity contribution in [2.45, 2.75) is 40.2 Å². The maximum absolute atomic E-state index is 5.70. The van der Waals surface area contributed by atoms with Crippen LogP contribution in [0.15, 0.2) is 12.1 Å². The Morgan fingerprint density at radius 1 is 1.21 bits per heavy atom. The van der Waals surface area contributed by atoms with Crippen molar-refractivity contribution in [2.24, 2.45) is 0 Å². The molecule has 1 aromatic carbocycles. The van der Waals surface area contributed by atoms with Gasteiger partial charge in [0.15, 0.2) is 0 Å². The summed E-state index contributed by atoms with van der Waals surface area (Å²) in [7, 11) is 1.74. The monoisotopic (exact) mass is 265 g/mol. The number of ether oxygens (including phenoxy) is 2. The van der Waals surface area contributed by atoms with Crippen LogP contribution in [0.3, 0.4) is 0 Å². The third-order valence-corrected chi connectivity index (χ3v) is 3.37. The summed E-state index contributed by atoms with van der Waals surface area (Å²) in [5, 5.41) is 3.47. The Bertz CT molecular complexity index is 391. The van der Waals surface area contributed by atoms with Gasteiger partial charge in [0.1, 0.15) is 5.75 Å². The van der Waals surface area contributed by atoms with Gasteiger partial charge in [0, 0.05) is 12.2 Å². The van der Waals surface area contributed by atoms with Gasteiger partial charge in [-0.1, -0.05) is 26.0 Å². The minimum atomic E-state index is 0.186. The van der Waals surface area contributed by atoms with E-state index in [2.05, 4.69) is 45.1 Å². The van der Waals surface area contributed by atoms with Gasteiger partial charge in [0.25, 0.3) is 0 Å². The molecule has 0 amide bonds. The molecule has 0 aliphatic rings. The van der Waals surface area contributed by atoms with Crippen LogP contribution in [0.2, 0.25) is 0 Å². The number of likely N-dealkylation sites (N-methyl/N-ethyl adjacent to an activating group) is 1. The van der Waals surface area contributed by atoms with Crippen LogP contribution in [0.4, 0.5) is 0 Å². The summed E-state index contributed by atoms with van der Waals surface area (Å²) in [6, 6.07) is 4.48. The SMILES string of the molecule is CCCOCC(NCC)c1ccc(C)c(C)c1OC. The van der Waals surface area contributed by atoms with E-state index in [1.54, 1.807) is 7.11 Å². The van der Waals surface area contributed by atoms with Crippen LogP contribution >= 0.6 is 0 Å². The van der Waals surface area contributed by atoms with Crippen molar-refractivity contribution in [1.82, 2.24) is 5.32 Å². The average molecular weight is 265 g/mol. The molecule has 1 N–H and O–H groups in total. The lowest BCUT2D eigenvalue weighted by Crippen LogP contribution is -2.26. The van der Waals surface area contributed by atoms with E-state index in [0.29, 0.717) is 6.61 Å². The van der Waals surface area contributed by atoms with Crippen molar-refractivity contribution in [3.05, 3.63) is 28.8 Å². The molecule has 19 heavy (non-hydrogen) atoms. The third kappa shape index (κ3) is 4.22. The van der Waals surface area contributed by atoms with Gasteiger partial charge in [-0.15, -0.1) is 0 Å². The topological polar surface area (TPSA) is 30.5 Å². The highest BCUT2D eigenvalue weighted by Crippen LogP contribution is 2.31. The number of rotatable bonds is 8. The van der Waals surface area contributed by atoms with Crippen LogP contribution in [0.5, 0.6) is 5.75 Å². The van der Waals surface area contributed by atoms with Crippen LogP contribution in [-0.2, 0) is 4.74 Å². The highest BCUT2D eigenvalue weighted by Gasteiger charge is 2.17. The van der Waals surface area contributed by atoms with Gasteiger partial charge in [-0.25, -0.2) is 0 Å². The van der Waals surface area contributed by atoms with Crippen LogP contribution < -0.4 is 10.1 Å². The molecule has 108 valence electrons. The number of hydrogen-bond donors (Lipinski definition) is 1. The molecule has 0 aliphatic carbocycles. The minimum absolute atomic E-state index is 0.186. The maximum Gasteiger partial charge on any atom is 0.126 e. The highest BCUT2D eigenvalue weighted by atomic mass is 16.5.